The zero-order valence-corrected chi connectivity index (χ0v) is 14.2. The number of anilines is 1. The van der Waals surface area contributed by atoms with Gasteiger partial charge in [0.1, 0.15) is 0 Å². The third-order valence-electron chi connectivity index (χ3n) is 3.66. The smallest absolute Gasteiger partial charge is 0.319 e. The van der Waals surface area contributed by atoms with Gasteiger partial charge in [0.25, 0.3) is 0 Å². The van der Waals surface area contributed by atoms with Crippen molar-refractivity contribution in [1.29, 1.82) is 0 Å². The topological polar surface area (TPSA) is 79.2 Å². The summed E-state index contributed by atoms with van der Waals surface area (Å²) >= 11 is 0. The van der Waals surface area contributed by atoms with E-state index in [4.69, 9.17) is 0 Å². The molecule has 2 rings (SSSR count). The van der Waals surface area contributed by atoms with E-state index >= 15 is 0 Å². The fraction of sp³-hybridized carbons (Fsp3) is 0.529. The maximum atomic E-state index is 11.9. The molecule has 0 saturated heterocycles. The fourth-order valence-electron chi connectivity index (χ4n) is 2.49. The molecule has 3 N–H and O–H groups in total. The van der Waals surface area contributed by atoms with Crippen LogP contribution in [0.25, 0.3) is 10.9 Å². The minimum Gasteiger partial charge on any atom is -0.393 e. The number of nitrogens with zero attached hydrogens (tertiary/aromatic N) is 2. The SMILES string of the molecule is CC(O)CC(C)CNC(=O)Nc1ccc2nn(C(C)C)cc2c1. The van der Waals surface area contributed by atoms with E-state index in [1.165, 1.54) is 0 Å². The molecule has 1 aromatic heterocycles. The van der Waals surface area contributed by atoms with Gasteiger partial charge < -0.3 is 15.7 Å². The van der Waals surface area contributed by atoms with Gasteiger partial charge in [0, 0.05) is 29.9 Å². The van der Waals surface area contributed by atoms with Crippen LogP contribution in [0.4, 0.5) is 10.5 Å². The lowest BCUT2D eigenvalue weighted by molar-refractivity contribution is 0.163. The minimum absolute atomic E-state index is 0.229. The number of nitrogens with one attached hydrogen (secondary N) is 2. The molecule has 1 heterocycles. The average molecular weight is 318 g/mol. The number of amides is 2. The first kappa shape index (κ1) is 17.3. The number of aliphatic hydroxyl groups excluding tert-OH is 1. The number of fused-ring (bicyclic) bond motifs is 1. The summed E-state index contributed by atoms with van der Waals surface area (Å²) < 4.78 is 1.91. The zero-order chi connectivity index (χ0) is 17.0. The number of benzene rings is 1. The minimum atomic E-state index is -0.352. The molecule has 2 atom stereocenters. The summed E-state index contributed by atoms with van der Waals surface area (Å²) in [6.07, 6.45) is 2.30. The molecule has 23 heavy (non-hydrogen) atoms. The van der Waals surface area contributed by atoms with Crippen LogP contribution in [0.15, 0.2) is 24.4 Å². The van der Waals surface area contributed by atoms with Crippen LogP contribution in [0.2, 0.25) is 0 Å². The first-order chi connectivity index (χ1) is 10.8. The molecule has 0 radical (unpaired) electrons. The number of urea groups is 1. The van der Waals surface area contributed by atoms with Crippen molar-refractivity contribution in [3.63, 3.8) is 0 Å². The van der Waals surface area contributed by atoms with Crippen LogP contribution >= 0.6 is 0 Å². The van der Waals surface area contributed by atoms with Gasteiger partial charge in [0.05, 0.1) is 11.6 Å². The summed E-state index contributed by atoms with van der Waals surface area (Å²) in [6, 6.07) is 5.73. The Labute approximate surface area is 136 Å². The number of rotatable bonds is 6. The molecule has 1 aromatic carbocycles. The average Bonchev–Trinajstić information content (AvgIpc) is 2.88. The molecular formula is C17H26N4O2. The van der Waals surface area contributed by atoms with Crippen LogP contribution < -0.4 is 10.6 Å². The van der Waals surface area contributed by atoms with Crippen LogP contribution in [0.3, 0.4) is 0 Å². The number of carbonyl (C=O) groups excluding carboxylic acids is 1. The molecule has 2 aromatic rings. The summed E-state index contributed by atoms with van der Waals surface area (Å²) in [7, 11) is 0. The van der Waals surface area contributed by atoms with Crippen molar-refractivity contribution < 1.29 is 9.90 Å². The Kier molecular flexibility index (Phi) is 5.60. The Hall–Kier alpha value is -2.08. The van der Waals surface area contributed by atoms with E-state index in [-0.39, 0.29) is 18.1 Å². The predicted octanol–water partition coefficient (Wildman–Crippen LogP) is 3.15. The van der Waals surface area contributed by atoms with Crippen LogP contribution in [-0.2, 0) is 0 Å². The van der Waals surface area contributed by atoms with E-state index in [0.29, 0.717) is 19.0 Å². The van der Waals surface area contributed by atoms with Crippen LogP contribution in [0.5, 0.6) is 0 Å². The van der Waals surface area contributed by atoms with Crippen molar-refractivity contribution in [2.75, 3.05) is 11.9 Å². The molecule has 6 nitrogen and oxygen atoms in total. The Bertz CT molecular complexity index is 664. The molecule has 0 bridgehead atoms. The van der Waals surface area contributed by atoms with Crippen molar-refractivity contribution in [1.82, 2.24) is 15.1 Å². The Morgan fingerprint density at radius 3 is 2.70 bits per heavy atom. The number of carbonyl (C=O) groups is 1. The molecule has 126 valence electrons. The standard InChI is InChI=1S/C17H26N4O2/c1-11(2)21-10-14-8-15(5-6-16(14)20-21)19-17(23)18-9-12(3)7-13(4)22/h5-6,8,10-13,22H,7,9H2,1-4H3,(H2,18,19,23). The highest BCUT2D eigenvalue weighted by Gasteiger charge is 2.09. The summed E-state index contributed by atoms with van der Waals surface area (Å²) in [5.41, 5.74) is 1.65. The molecule has 0 aliphatic heterocycles. The van der Waals surface area contributed by atoms with Crippen molar-refractivity contribution >= 4 is 22.6 Å². The van der Waals surface area contributed by atoms with Gasteiger partial charge in [0.15, 0.2) is 0 Å². The van der Waals surface area contributed by atoms with E-state index in [2.05, 4.69) is 29.6 Å². The van der Waals surface area contributed by atoms with Crippen molar-refractivity contribution in [3.05, 3.63) is 24.4 Å². The largest absolute Gasteiger partial charge is 0.393 e. The van der Waals surface area contributed by atoms with E-state index in [9.17, 15) is 9.90 Å². The van der Waals surface area contributed by atoms with Crippen molar-refractivity contribution in [2.24, 2.45) is 5.92 Å². The maximum absolute atomic E-state index is 11.9. The molecule has 0 fully saturated rings. The summed E-state index contributed by atoms with van der Waals surface area (Å²) in [4.78, 5) is 11.9. The molecular weight excluding hydrogens is 292 g/mol. The first-order valence-corrected chi connectivity index (χ1v) is 8.07. The van der Waals surface area contributed by atoms with Gasteiger partial charge in [-0.1, -0.05) is 6.92 Å². The zero-order valence-electron chi connectivity index (χ0n) is 14.2. The molecule has 6 heteroatoms. The fourth-order valence-corrected chi connectivity index (χ4v) is 2.49. The normalized spacial score (nSPS) is 14.0. The van der Waals surface area contributed by atoms with Crippen molar-refractivity contribution in [3.8, 4) is 0 Å². The number of hydrogen-bond donors (Lipinski definition) is 3. The third-order valence-corrected chi connectivity index (χ3v) is 3.66. The number of aliphatic hydroxyl groups is 1. The van der Waals surface area contributed by atoms with Gasteiger partial charge in [-0.3, -0.25) is 4.68 Å². The van der Waals surface area contributed by atoms with Crippen molar-refractivity contribution in [2.45, 2.75) is 46.3 Å². The van der Waals surface area contributed by atoms with Crippen LogP contribution in [0.1, 0.15) is 40.2 Å². The predicted molar refractivity (Wildman–Crippen MR) is 92.6 cm³/mol. The highest BCUT2D eigenvalue weighted by molar-refractivity contribution is 5.92. The quantitative estimate of drug-likeness (QED) is 0.765. The monoisotopic (exact) mass is 318 g/mol. The lowest BCUT2D eigenvalue weighted by Gasteiger charge is -2.14. The van der Waals surface area contributed by atoms with E-state index in [1.807, 2.05) is 36.0 Å². The van der Waals surface area contributed by atoms with E-state index in [1.54, 1.807) is 6.92 Å². The second-order valence-corrected chi connectivity index (χ2v) is 6.50. The third kappa shape index (κ3) is 4.96. The Balaban J connectivity index is 1.94. The number of hydrogen-bond acceptors (Lipinski definition) is 3. The second kappa shape index (κ2) is 7.46. The van der Waals surface area contributed by atoms with E-state index < -0.39 is 0 Å². The summed E-state index contributed by atoms with van der Waals surface area (Å²) in [5.74, 6) is 0.229. The molecule has 0 aliphatic rings. The first-order valence-electron chi connectivity index (χ1n) is 8.07. The Morgan fingerprint density at radius 2 is 2.04 bits per heavy atom. The lowest BCUT2D eigenvalue weighted by Crippen LogP contribution is -2.33. The van der Waals surface area contributed by atoms with Gasteiger partial charge in [-0.15, -0.1) is 0 Å². The number of aromatic nitrogens is 2. The summed E-state index contributed by atoms with van der Waals surface area (Å²) in [6.45, 7) is 8.44. The molecule has 0 aliphatic carbocycles. The van der Waals surface area contributed by atoms with E-state index in [0.717, 1.165) is 16.6 Å². The molecule has 0 spiro atoms. The van der Waals surface area contributed by atoms with Gasteiger partial charge in [0.2, 0.25) is 0 Å². The van der Waals surface area contributed by atoms with Crippen LogP contribution in [0, 0.1) is 5.92 Å². The maximum Gasteiger partial charge on any atom is 0.319 e. The highest BCUT2D eigenvalue weighted by atomic mass is 16.3. The highest BCUT2D eigenvalue weighted by Crippen LogP contribution is 2.19. The van der Waals surface area contributed by atoms with Gasteiger partial charge in [-0.25, -0.2) is 4.79 Å². The van der Waals surface area contributed by atoms with Gasteiger partial charge in [-0.2, -0.15) is 5.10 Å². The second-order valence-electron chi connectivity index (χ2n) is 6.50. The molecule has 2 unspecified atom stereocenters. The molecule has 0 saturated carbocycles. The van der Waals surface area contributed by atoms with Gasteiger partial charge in [-0.05, 0) is 51.3 Å². The lowest BCUT2D eigenvalue weighted by atomic mass is 10.1. The van der Waals surface area contributed by atoms with Gasteiger partial charge >= 0.3 is 6.03 Å². The molecule has 2 amide bonds. The van der Waals surface area contributed by atoms with Crippen LogP contribution in [-0.4, -0.2) is 33.6 Å². The summed E-state index contributed by atoms with van der Waals surface area (Å²) in [5, 5.41) is 20.5. The Morgan fingerprint density at radius 1 is 1.30 bits per heavy atom.